The first-order chi connectivity index (χ1) is 14.0. The standard InChI is InChI=1S/C22H15F2N3O2/c23-15-9-11-16(12-10-15)27-19-8-4-2-6-17(19)21(28)20(26-27)22(29)25-13-14-5-1-3-7-18(14)24/h1-12H,13H2,(H,25,29). The van der Waals surface area contributed by atoms with Gasteiger partial charge in [-0.3, -0.25) is 9.59 Å². The number of para-hydroxylation sites is 1. The van der Waals surface area contributed by atoms with Gasteiger partial charge in [0.2, 0.25) is 5.43 Å². The minimum absolute atomic E-state index is 0.0873. The predicted molar refractivity (Wildman–Crippen MR) is 105 cm³/mol. The van der Waals surface area contributed by atoms with Gasteiger partial charge < -0.3 is 5.32 Å². The van der Waals surface area contributed by atoms with Crippen LogP contribution in [0.3, 0.4) is 0 Å². The molecule has 0 aliphatic heterocycles. The Bertz CT molecular complexity index is 1270. The fourth-order valence-electron chi connectivity index (χ4n) is 3.01. The summed E-state index contributed by atoms with van der Waals surface area (Å²) < 4.78 is 28.5. The third kappa shape index (κ3) is 3.62. The molecule has 0 bridgehead atoms. The number of nitrogens with one attached hydrogen (secondary N) is 1. The summed E-state index contributed by atoms with van der Waals surface area (Å²) >= 11 is 0. The van der Waals surface area contributed by atoms with Crippen LogP contribution in [0.15, 0.2) is 77.6 Å². The average Bonchev–Trinajstić information content (AvgIpc) is 2.74. The zero-order valence-electron chi connectivity index (χ0n) is 15.1. The largest absolute Gasteiger partial charge is 0.346 e. The van der Waals surface area contributed by atoms with E-state index in [-0.39, 0.29) is 12.2 Å². The van der Waals surface area contributed by atoms with Crippen LogP contribution in [-0.2, 0) is 6.54 Å². The summed E-state index contributed by atoms with van der Waals surface area (Å²) in [5.41, 5.74) is 0.398. The Hall–Kier alpha value is -3.87. The number of hydrogen-bond donors (Lipinski definition) is 1. The minimum atomic E-state index is -0.722. The van der Waals surface area contributed by atoms with Crippen molar-refractivity contribution < 1.29 is 13.6 Å². The first kappa shape index (κ1) is 18.5. The summed E-state index contributed by atoms with van der Waals surface area (Å²) in [6, 6.07) is 18.3. The highest BCUT2D eigenvalue weighted by Gasteiger charge is 2.18. The molecule has 0 unspecified atom stereocenters. The SMILES string of the molecule is O=C(NCc1ccccc1F)c1nn(-c2ccc(F)cc2)c2ccccc2c1=O. The number of benzene rings is 3. The molecule has 4 rings (SSSR count). The Morgan fingerprint density at radius 1 is 0.931 bits per heavy atom. The topological polar surface area (TPSA) is 64.0 Å². The van der Waals surface area contributed by atoms with Gasteiger partial charge in [-0.2, -0.15) is 5.10 Å². The molecule has 5 nitrogen and oxygen atoms in total. The molecule has 1 amide bonds. The number of rotatable bonds is 4. The molecule has 144 valence electrons. The fraction of sp³-hybridized carbons (Fsp3) is 0.0455. The summed E-state index contributed by atoms with van der Waals surface area (Å²) in [7, 11) is 0. The molecule has 0 saturated carbocycles. The van der Waals surface area contributed by atoms with E-state index in [9.17, 15) is 18.4 Å². The second-order valence-corrected chi connectivity index (χ2v) is 6.36. The second-order valence-electron chi connectivity index (χ2n) is 6.36. The molecule has 1 N–H and O–H groups in total. The lowest BCUT2D eigenvalue weighted by Gasteiger charge is -2.12. The van der Waals surface area contributed by atoms with Crippen molar-refractivity contribution in [3.8, 4) is 5.69 Å². The Morgan fingerprint density at radius 3 is 2.38 bits per heavy atom. The van der Waals surface area contributed by atoms with E-state index in [0.29, 0.717) is 22.2 Å². The minimum Gasteiger partial charge on any atom is -0.346 e. The Morgan fingerprint density at radius 2 is 1.62 bits per heavy atom. The molecule has 0 spiro atoms. The van der Waals surface area contributed by atoms with E-state index in [0.717, 1.165) is 0 Å². The van der Waals surface area contributed by atoms with Gasteiger partial charge in [0, 0.05) is 12.1 Å². The normalized spacial score (nSPS) is 10.8. The Labute approximate surface area is 164 Å². The number of nitrogens with zero attached hydrogens (tertiary/aromatic N) is 2. The van der Waals surface area contributed by atoms with Gasteiger partial charge in [-0.15, -0.1) is 0 Å². The van der Waals surface area contributed by atoms with Crippen LogP contribution in [0.25, 0.3) is 16.6 Å². The van der Waals surface area contributed by atoms with Crippen LogP contribution >= 0.6 is 0 Å². The fourth-order valence-corrected chi connectivity index (χ4v) is 3.01. The summed E-state index contributed by atoms with van der Waals surface area (Å²) in [6.07, 6.45) is 0. The highest BCUT2D eigenvalue weighted by molar-refractivity contribution is 5.95. The Balaban J connectivity index is 1.77. The molecule has 0 saturated heterocycles. The van der Waals surface area contributed by atoms with Gasteiger partial charge >= 0.3 is 0 Å². The lowest BCUT2D eigenvalue weighted by atomic mass is 10.1. The maximum Gasteiger partial charge on any atom is 0.276 e. The van der Waals surface area contributed by atoms with E-state index in [4.69, 9.17) is 0 Å². The van der Waals surface area contributed by atoms with Crippen LogP contribution in [0.5, 0.6) is 0 Å². The molecule has 3 aromatic carbocycles. The van der Waals surface area contributed by atoms with Crippen molar-refractivity contribution in [3.63, 3.8) is 0 Å². The zero-order chi connectivity index (χ0) is 20.4. The van der Waals surface area contributed by atoms with Gasteiger partial charge in [0.15, 0.2) is 5.69 Å². The quantitative estimate of drug-likeness (QED) is 0.578. The van der Waals surface area contributed by atoms with Gasteiger partial charge in [-0.25, -0.2) is 13.5 Å². The smallest absolute Gasteiger partial charge is 0.276 e. The van der Waals surface area contributed by atoms with E-state index in [1.165, 1.54) is 35.0 Å². The van der Waals surface area contributed by atoms with Crippen molar-refractivity contribution >= 4 is 16.8 Å². The van der Waals surface area contributed by atoms with Crippen molar-refractivity contribution in [2.45, 2.75) is 6.54 Å². The molecule has 7 heteroatoms. The van der Waals surface area contributed by atoms with Crippen molar-refractivity contribution in [1.29, 1.82) is 0 Å². The van der Waals surface area contributed by atoms with Crippen LogP contribution < -0.4 is 10.7 Å². The lowest BCUT2D eigenvalue weighted by Crippen LogP contribution is -2.31. The van der Waals surface area contributed by atoms with Gasteiger partial charge in [0.1, 0.15) is 11.6 Å². The maximum atomic E-state index is 13.8. The van der Waals surface area contributed by atoms with Crippen molar-refractivity contribution in [3.05, 3.63) is 106 Å². The predicted octanol–water partition coefficient (Wildman–Crippen LogP) is 3.59. The van der Waals surface area contributed by atoms with Crippen molar-refractivity contribution in [2.24, 2.45) is 0 Å². The Kier molecular flexibility index (Phi) is 4.87. The molecule has 0 atom stereocenters. The van der Waals surface area contributed by atoms with E-state index in [1.807, 2.05) is 0 Å². The van der Waals surface area contributed by atoms with Crippen LogP contribution in [0.4, 0.5) is 8.78 Å². The van der Waals surface area contributed by atoms with E-state index >= 15 is 0 Å². The molecule has 0 fully saturated rings. The van der Waals surface area contributed by atoms with Crippen LogP contribution in [0.2, 0.25) is 0 Å². The van der Waals surface area contributed by atoms with Crippen LogP contribution in [0, 0.1) is 11.6 Å². The third-order valence-electron chi connectivity index (χ3n) is 4.48. The first-order valence-electron chi connectivity index (χ1n) is 8.84. The van der Waals surface area contributed by atoms with Gasteiger partial charge in [-0.05, 0) is 42.5 Å². The molecule has 1 heterocycles. The van der Waals surface area contributed by atoms with Gasteiger partial charge in [-0.1, -0.05) is 30.3 Å². The van der Waals surface area contributed by atoms with E-state index in [2.05, 4.69) is 10.4 Å². The highest BCUT2D eigenvalue weighted by Crippen LogP contribution is 2.16. The summed E-state index contributed by atoms with van der Waals surface area (Å²) in [4.78, 5) is 25.5. The summed E-state index contributed by atoms with van der Waals surface area (Å²) in [6.45, 7) is -0.0873. The maximum absolute atomic E-state index is 13.8. The number of carbonyl (C=O) groups is 1. The van der Waals surface area contributed by atoms with E-state index < -0.39 is 23.0 Å². The molecule has 0 radical (unpaired) electrons. The molecule has 4 aromatic rings. The number of halogens is 2. The lowest BCUT2D eigenvalue weighted by molar-refractivity contribution is 0.0943. The van der Waals surface area contributed by atoms with Crippen LogP contribution in [0.1, 0.15) is 16.1 Å². The first-order valence-corrected chi connectivity index (χ1v) is 8.84. The molecular weight excluding hydrogens is 376 g/mol. The highest BCUT2D eigenvalue weighted by atomic mass is 19.1. The van der Waals surface area contributed by atoms with Crippen LogP contribution in [-0.4, -0.2) is 15.7 Å². The molecule has 1 aromatic heterocycles. The number of fused-ring (bicyclic) bond motifs is 1. The molecule has 29 heavy (non-hydrogen) atoms. The van der Waals surface area contributed by atoms with E-state index in [1.54, 1.807) is 42.5 Å². The van der Waals surface area contributed by atoms with Gasteiger partial charge in [0.05, 0.1) is 16.6 Å². The zero-order valence-corrected chi connectivity index (χ0v) is 15.1. The number of carbonyl (C=O) groups excluding carboxylic acids is 1. The molecule has 0 aliphatic rings. The summed E-state index contributed by atoms with van der Waals surface area (Å²) in [5.74, 6) is -1.59. The van der Waals surface area contributed by atoms with Crippen molar-refractivity contribution in [1.82, 2.24) is 15.1 Å². The summed E-state index contributed by atoms with van der Waals surface area (Å²) in [5, 5.41) is 7.04. The number of hydrogen-bond acceptors (Lipinski definition) is 3. The average molecular weight is 391 g/mol. The van der Waals surface area contributed by atoms with Crippen molar-refractivity contribution in [2.75, 3.05) is 0 Å². The second kappa shape index (κ2) is 7.63. The monoisotopic (exact) mass is 391 g/mol. The molecular formula is C22H15F2N3O2. The number of aromatic nitrogens is 2. The third-order valence-corrected chi connectivity index (χ3v) is 4.48. The number of amides is 1. The van der Waals surface area contributed by atoms with Gasteiger partial charge in [0.25, 0.3) is 5.91 Å². The molecule has 0 aliphatic carbocycles.